The third-order valence-electron chi connectivity index (χ3n) is 6.45. The van der Waals surface area contributed by atoms with Crippen molar-refractivity contribution in [2.24, 2.45) is 17.8 Å². The molecule has 5 rings (SSSR count). The van der Waals surface area contributed by atoms with Crippen LogP contribution in [-0.2, 0) is 0 Å². The van der Waals surface area contributed by atoms with Crippen LogP contribution in [0.25, 0.3) is 0 Å². The number of nitrogens with zero attached hydrogens (tertiary/aromatic N) is 1. The Morgan fingerprint density at radius 2 is 1.88 bits per heavy atom. The van der Waals surface area contributed by atoms with Gasteiger partial charge < -0.3 is 10.6 Å². The lowest BCUT2D eigenvalue weighted by Crippen LogP contribution is -2.69. The van der Waals surface area contributed by atoms with Gasteiger partial charge in [-0.15, -0.1) is 0 Å². The minimum atomic E-state index is -0.0312. The zero-order valence-corrected chi connectivity index (χ0v) is 15.8. The van der Waals surface area contributed by atoms with Crippen molar-refractivity contribution < 1.29 is 4.79 Å². The number of amides is 1. The molecule has 1 heterocycles. The van der Waals surface area contributed by atoms with Crippen LogP contribution in [0.2, 0.25) is 0 Å². The molecular formula is C21H31N3O. The number of carbonyl (C=O) groups excluding carboxylic acids is 1. The van der Waals surface area contributed by atoms with E-state index >= 15 is 0 Å². The molecule has 4 aliphatic rings. The first-order valence-corrected chi connectivity index (χ1v) is 9.88. The molecule has 2 unspecified atom stereocenters. The van der Waals surface area contributed by atoms with Gasteiger partial charge in [0.2, 0.25) is 0 Å². The monoisotopic (exact) mass is 341 g/mol. The molecule has 0 saturated heterocycles. The molecule has 0 aromatic carbocycles. The first-order chi connectivity index (χ1) is 11.9. The van der Waals surface area contributed by atoms with Crippen LogP contribution in [0.5, 0.6) is 0 Å². The average Bonchev–Trinajstić information content (AvgIpc) is 2.51. The summed E-state index contributed by atoms with van der Waals surface area (Å²) in [6, 6.07) is 5.69. The summed E-state index contributed by atoms with van der Waals surface area (Å²) in [7, 11) is 0. The van der Waals surface area contributed by atoms with E-state index in [1.165, 1.54) is 19.3 Å². The molecule has 0 radical (unpaired) electrons. The van der Waals surface area contributed by atoms with Gasteiger partial charge in [-0.05, 0) is 81.9 Å². The highest BCUT2D eigenvalue weighted by atomic mass is 16.2. The van der Waals surface area contributed by atoms with Crippen LogP contribution in [0.15, 0.2) is 18.2 Å². The summed E-state index contributed by atoms with van der Waals surface area (Å²) in [5.74, 6) is 2.18. The molecule has 4 aliphatic carbocycles. The van der Waals surface area contributed by atoms with E-state index in [9.17, 15) is 4.79 Å². The summed E-state index contributed by atoms with van der Waals surface area (Å²) in [6.07, 6.45) is 7.30. The van der Waals surface area contributed by atoms with Crippen LogP contribution in [-0.4, -0.2) is 28.5 Å². The molecule has 4 bridgehead atoms. The fraction of sp³-hybridized carbons (Fsp3) is 0.714. The lowest BCUT2D eigenvalue weighted by atomic mass is 9.49. The molecule has 1 aromatic rings. The summed E-state index contributed by atoms with van der Waals surface area (Å²) in [6.45, 7) is 7.55. The van der Waals surface area contributed by atoms with Crippen molar-refractivity contribution in [2.45, 2.75) is 70.4 Å². The molecule has 25 heavy (non-hydrogen) atoms. The number of aromatic nitrogens is 1. The first-order valence-electron chi connectivity index (χ1n) is 9.88. The van der Waals surface area contributed by atoms with Crippen molar-refractivity contribution in [2.75, 3.05) is 6.54 Å². The lowest BCUT2D eigenvalue weighted by Gasteiger charge is -2.62. The number of aryl methyl sites for hydroxylation is 1. The third-order valence-corrected chi connectivity index (χ3v) is 6.45. The zero-order valence-electron chi connectivity index (χ0n) is 15.8. The van der Waals surface area contributed by atoms with Gasteiger partial charge in [-0.3, -0.25) is 4.79 Å². The molecule has 4 nitrogen and oxygen atoms in total. The van der Waals surface area contributed by atoms with E-state index in [0.717, 1.165) is 43.3 Å². The molecule has 4 fully saturated rings. The van der Waals surface area contributed by atoms with Gasteiger partial charge in [0.25, 0.3) is 5.91 Å². The maximum atomic E-state index is 12.9. The fourth-order valence-corrected chi connectivity index (χ4v) is 6.01. The highest BCUT2D eigenvalue weighted by molar-refractivity contribution is 5.92. The van der Waals surface area contributed by atoms with Crippen LogP contribution >= 0.6 is 0 Å². The summed E-state index contributed by atoms with van der Waals surface area (Å²) in [5.41, 5.74) is 1.66. The second kappa shape index (κ2) is 6.08. The van der Waals surface area contributed by atoms with Gasteiger partial charge in [-0.25, -0.2) is 4.98 Å². The molecule has 4 heteroatoms. The number of pyridine rings is 1. The lowest BCUT2D eigenvalue weighted by molar-refractivity contribution is -0.0492. The Balaban J connectivity index is 1.54. The second-order valence-electron chi connectivity index (χ2n) is 9.41. The molecule has 0 spiro atoms. The van der Waals surface area contributed by atoms with E-state index < -0.39 is 0 Å². The standard InChI is InChI=1S/C21H31N3O/c1-14(2)12-22-20-8-16-7-17(9-20)11-21(10-16,13-20)24-19(25)18-6-4-5-15(3)23-18/h4-6,14,16-17,22H,7-13H2,1-3H3,(H,24,25). The Kier molecular flexibility index (Phi) is 4.14. The average molecular weight is 341 g/mol. The first kappa shape index (κ1) is 17.0. The van der Waals surface area contributed by atoms with E-state index in [1.54, 1.807) is 0 Å². The summed E-state index contributed by atoms with van der Waals surface area (Å²) >= 11 is 0. The van der Waals surface area contributed by atoms with E-state index in [4.69, 9.17) is 0 Å². The van der Waals surface area contributed by atoms with Crippen molar-refractivity contribution >= 4 is 5.91 Å². The van der Waals surface area contributed by atoms with Gasteiger partial charge in [-0.2, -0.15) is 0 Å². The van der Waals surface area contributed by atoms with Crippen LogP contribution in [0.4, 0.5) is 0 Å². The number of carbonyl (C=O) groups is 1. The Morgan fingerprint density at radius 3 is 2.52 bits per heavy atom. The van der Waals surface area contributed by atoms with Crippen molar-refractivity contribution in [3.05, 3.63) is 29.6 Å². The fourth-order valence-electron chi connectivity index (χ4n) is 6.01. The summed E-state index contributed by atoms with van der Waals surface area (Å²) in [4.78, 5) is 17.3. The molecule has 2 atom stereocenters. The van der Waals surface area contributed by atoms with Gasteiger partial charge >= 0.3 is 0 Å². The smallest absolute Gasteiger partial charge is 0.270 e. The Labute approximate surface area is 151 Å². The van der Waals surface area contributed by atoms with Crippen molar-refractivity contribution in [1.29, 1.82) is 0 Å². The molecule has 0 aliphatic heterocycles. The molecule has 4 saturated carbocycles. The molecule has 2 N–H and O–H groups in total. The number of hydrogen-bond acceptors (Lipinski definition) is 3. The Bertz CT molecular complexity index is 655. The number of hydrogen-bond donors (Lipinski definition) is 2. The SMILES string of the molecule is Cc1cccc(C(=O)NC23CC4CC(CC(NCC(C)C)(C4)C2)C3)n1. The Hall–Kier alpha value is -1.42. The van der Waals surface area contributed by atoms with Gasteiger partial charge in [0.1, 0.15) is 5.69 Å². The largest absolute Gasteiger partial charge is 0.345 e. The van der Waals surface area contributed by atoms with Crippen LogP contribution in [0.3, 0.4) is 0 Å². The van der Waals surface area contributed by atoms with Crippen molar-refractivity contribution in [3.63, 3.8) is 0 Å². The number of nitrogens with one attached hydrogen (secondary N) is 2. The number of rotatable bonds is 5. The van der Waals surface area contributed by atoms with Crippen LogP contribution in [0, 0.1) is 24.7 Å². The third kappa shape index (κ3) is 3.33. The van der Waals surface area contributed by atoms with Gasteiger partial charge in [0, 0.05) is 16.8 Å². The van der Waals surface area contributed by atoms with E-state index in [0.29, 0.717) is 11.6 Å². The zero-order chi connectivity index (χ0) is 17.7. The van der Waals surface area contributed by atoms with Crippen LogP contribution in [0.1, 0.15) is 68.6 Å². The van der Waals surface area contributed by atoms with E-state index in [2.05, 4.69) is 29.5 Å². The quantitative estimate of drug-likeness (QED) is 0.862. The maximum absolute atomic E-state index is 12.9. The summed E-state index contributed by atoms with van der Waals surface area (Å²) in [5, 5.41) is 7.35. The predicted octanol–water partition coefficient (Wildman–Crippen LogP) is 3.46. The maximum Gasteiger partial charge on any atom is 0.270 e. The molecule has 1 aromatic heterocycles. The van der Waals surface area contributed by atoms with Gasteiger partial charge in [-0.1, -0.05) is 19.9 Å². The van der Waals surface area contributed by atoms with Crippen LogP contribution < -0.4 is 10.6 Å². The van der Waals surface area contributed by atoms with Gasteiger partial charge in [0.05, 0.1) is 0 Å². The second-order valence-corrected chi connectivity index (χ2v) is 9.41. The topological polar surface area (TPSA) is 54.0 Å². The van der Waals surface area contributed by atoms with Gasteiger partial charge in [0.15, 0.2) is 0 Å². The minimum absolute atomic E-state index is 0.00431. The predicted molar refractivity (Wildman–Crippen MR) is 99.4 cm³/mol. The van der Waals surface area contributed by atoms with E-state index in [-0.39, 0.29) is 17.0 Å². The van der Waals surface area contributed by atoms with E-state index in [1.807, 2.05) is 25.1 Å². The molecular weight excluding hydrogens is 310 g/mol. The minimum Gasteiger partial charge on any atom is -0.345 e. The highest BCUT2D eigenvalue weighted by Crippen LogP contribution is 2.57. The molecule has 136 valence electrons. The molecule has 1 amide bonds. The summed E-state index contributed by atoms with van der Waals surface area (Å²) < 4.78 is 0. The van der Waals surface area contributed by atoms with Crippen molar-refractivity contribution in [3.8, 4) is 0 Å². The highest BCUT2D eigenvalue weighted by Gasteiger charge is 2.58. The Morgan fingerprint density at radius 1 is 1.20 bits per heavy atom. The van der Waals surface area contributed by atoms with Crippen molar-refractivity contribution in [1.82, 2.24) is 15.6 Å². The normalized spacial score (nSPS) is 36.0.